The molecule has 0 aromatic heterocycles. The van der Waals surface area contributed by atoms with Gasteiger partial charge in [-0.1, -0.05) is 54.6 Å². The van der Waals surface area contributed by atoms with E-state index in [9.17, 15) is 4.79 Å². The summed E-state index contributed by atoms with van der Waals surface area (Å²) in [4.78, 5) is 11.8. The van der Waals surface area contributed by atoms with E-state index in [0.717, 1.165) is 11.1 Å². The maximum absolute atomic E-state index is 11.8. The molecule has 0 aliphatic heterocycles. The zero-order valence-corrected chi connectivity index (χ0v) is 10.8. The predicted molar refractivity (Wildman–Crippen MR) is 74.0 cm³/mol. The minimum atomic E-state index is -0.0448. The molecule has 3 heteroatoms. The van der Waals surface area contributed by atoms with E-state index in [2.05, 4.69) is 0 Å². The molecule has 0 N–H and O–H groups in total. The van der Waals surface area contributed by atoms with E-state index in [0.29, 0.717) is 5.56 Å². The Labute approximate surface area is 112 Å². The van der Waals surface area contributed by atoms with E-state index in [4.69, 9.17) is 9.47 Å². The molecule has 2 aromatic carbocycles. The van der Waals surface area contributed by atoms with Crippen LogP contribution in [0.4, 0.5) is 0 Å². The van der Waals surface area contributed by atoms with Crippen molar-refractivity contribution >= 4 is 5.78 Å². The molecule has 0 amide bonds. The molecule has 0 spiro atoms. The first-order chi connectivity index (χ1) is 9.31. The largest absolute Gasteiger partial charge is 0.359 e. The fraction of sp³-hybridized carbons (Fsp3) is 0.188. The van der Waals surface area contributed by atoms with E-state index >= 15 is 0 Å². The first-order valence-electron chi connectivity index (χ1n) is 6.06. The number of Topliss-reactive ketones (excluding diaryl/α,β-unsaturated/α-hetero) is 1. The van der Waals surface area contributed by atoms with Crippen LogP contribution in [0.1, 0.15) is 10.4 Å². The standard InChI is InChI=1S/C16H16O3/c1-18-12-19-11-16(17)15-9-7-14(8-10-15)13-5-3-2-4-6-13/h2-10H,11-12H2,1H3. The van der Waals surface area contributed by atoms with Gasteiger partial charge in [-0.25, -0.2) is 0 Å². The number of rotatable bonds is 6. The molecule has 0 saturated carbocycles. The van der Waals surface area contributed by atoms with Crippen molar-refractivity contribution in [2.75, 3.05) is 20.5 Å². The van der Waals surface area contributed by atoms with Gasteiger partial charge in [0, 0.05) is 12.7 Å². The highest BCUT2D eigenvalue weighted by Gasteiger charge is 2.06. The number of benzene rings is 2. The molecule has 3 nitrogen and oxygen atoms in total. The third kappa shape index (κ3) is 3.74. The molecule has 0 radical (unpaired) electrons. The van der Waals surface area contributed by atoms with E-state index in [-0.39, 0.29) is 19.2 Å². The first-order valence-corrected chi connectivity index (χ1v) is 6.06. The van der Waals surface area contributed by atoms with Crippen LogP contribution in [0.2, 0.25) is 0 Å². The molecular formula is C16H16O3. The van der Waals surface area contributed by atoms with Gasteiger partial charge in [-0.3, -0.25) is 4.79 Å². The van der Waals surface area contributed by atoms with Crippen molar-refractivity contribution < 1.29 is 14.3 Å². The van der Waals surface area contributed by atoms with Gasteiger partial charge in [0.15, 0.2) is 5.78 Å². The Kier molecular flexibility index (Phi) is 4.84. The second kappa shape index (κ2) is 6.83. The lowest BCUT2D eigenvalue weighted by Crippen LogP contribution is -2.10. The second-order valence-electron chi connectivity index (χ2n) is 4.12. The van der Waals surface area contributed by atoms with E-state index in [1.165, 1.54) is 7.11 Å². The summed E-state index contributed by atoms with van der Waals surface area (Å²) in [5.74, 6) is -0.0448. The molecule has 0 aliphatic rings. The second-order valence-corrected chi connectivity index (χ2v) is 4.12. The lowest BCUT2D eigenvalue weighted by molar-refractivity contribution is -0.0237. The average Bonchev–Trinajstić information content (AvgIpc) is 2.48. The van der Waals surface area contributed by atoms with Gasteiger partial charge in [0.2, 0.25) is 0 Å². The molecule has 0 bridgehead atoms. The highest BCUT2D eigenvalue weighted by molar-refractivity contribution is 5.97. The summed E-state index contributed by atoms with van der Waals surface area (Å²) in [5, 5.41) is 0. The van der Waals surface area contributed by atoms with Crippen LogP contribution in [0.3, 0.4) is 0 Å². The van der Waals surface area contributed by atoms with Crippen LogP contribution in [0.5, 0.6) is 0 Å². The topological polar surface area (TPSA) is 35.5 Å². The SMILES string of the molecule is COCOCC(=O)c1ccc(-c2ccccc2)cc1. The smallest absolute Gasteiger partial charge is 0.188 e. The average molecular weight is 256 g/mol. The van der Waals surface area contributed by atoms with Crippen molar-refractivity contribution in [1.82, 2.24) is 0 Å². The molecule has 0 fully saturated rings. The van der Waals surface area contributed by atoms with Crippen molar-refractivity contribution in [2.24, 2.45) is 0 Å². The Morgan fingerprint density at radius 3 is 2.21 bits per heavy atom. The molecule has 0 unspecified atom stereocenters. The van der Waals surface area contributed by atoms with Crippen LogP contribution in [-0.2, 0) is 9.47 Å². The summed E-state index contributed by atoms with van der Waals surface area (Å²) in [6.45, 7) is 0.173. The monoisotopic (exact) mass is 256 g/mol. The van der Waals surface area contributed by atoms with E-state index in [1.54, 1.807) is 0 Å². The molecule has 19 heavy (non-hydrogen) atoms. The summed E-state index contributed by atoms with van der Waals surface area (Å²) >= 11 is 0. The highest BCUT2D eigenvalue weighted by atomic mass is 16.7. The van der Waals surface area contributed by atoms with Crippen LogP contribution in [-0.4, -0.2) is 26.3 Å². The zero-order chi connectivity index (χ0) is 13.5. The van der Waals surface area contributed by atoms with Crippen molar-refractivity contribution in [3.63, 3.8) is 0 Å². The van der Waals surface area contributed by atoms with Crippen molar-refractivity contribution in [3.05, 3.63) is 60.2 Å². The minimum absolute atomic E-state index is 0.0402. The van der Waals surface area contributed by atoms with E-state index < -0.39 is 0 Å². The van der Waals surface area contributed by atoms with Crippen LogP contribution < -0.4 is 0 Å². The Bertz CT molecular complexity index is 517. The third-order valence-corrected chi connectivity index (χ3v) is 2.75. The summed E-state index contributed by atoms with van der Waals surface area (Å²) in [5.41, 5.74) is 2.88. The van der Waals surface area contributed by atoms with Crippen LogP contribution in [0.15, 0.2) is 54.6 Å². The maximum atomic E-state index is 11.8. The zero-order valence-electron chi connectivity index (χ0n) is 10.8. The molecular weight excluding hydrogens is 240 g/mol. The van der Waals surface area contributed by atoms with Crippen molar-refractivity contribution in [3.8, 4) is 11.1 Å². The minimum Gasteiger partial charge on any atom is -0.359 e. The quantitative estimate of drug-likeness (QED) is 0.452. The molecule has 98 valence electrons. The van der Waals surface area contributed by atoms with Crippen molar-refractivity contribution in [1.29, 1.82) is 0 Å². The normalized spacial score (nSPS) is 10.4. The third-order valence-electron chi connectivity index (χ3n) is 2.75. The Hall–Kier alpha value is -1.97. The van der Waals surface area contributed by atoms with E-state index in [1.807, 2.05) is 54.6 Å². The fourth-order valence-electron chi connectivity index (χ4n) is 1.78. The summed E-state index contributed by atoms with van der Waals surface area (Å²) in [6.07, 6.45) is 0. The number of carbonyl (C=O) groups is 1. The van der Waals surface area contributed by atoms with Gasteiger partial charge in [0.25, 0.3) is 0 Å². The number of hydrogen-bond donors (Lipinski definition) is 0. The Morgan fingerprint density at radius 1 is 0.947 bits per heavy atom. The number of methoxy groups -OCH3 is 1. The first kappa shape index (κ1) is 13.5. The van der Waals surface area contributed by atoms with Gasteiger partial charge in [0.05, 0.1) is 0 Å². The summed E-state index contributed by atoms with van der Waals surface area (Å²) < 4.78 is 9.77. The van der Waals surface area contributed by atoms with Crippen LogP contribution in [0.25, 0.3) is 11.1 Å². The number of ketones is 1. The summed E-state index contributed by atoms with van der Waals surface area (Å²) in [6, 6.07) is 17.6. The number of hydrogen-bond acceptors (Lipinski definition) is 3. The molecule has 0 saturated heterocycles. The lowest BCUT2D eigenvalue weighted by atomic mass is 10.0. The number of carbonyl (C=O) groups excluding carboxylic acids is 1. The molecule has 0 heterocycles. The van der Waals surface area contributed by atoms with Gasteiger partial charge in [-0.15, -0.1) is 0 Å². The van der Waals surface area contributed by atoms with Crippen LogP contribution >= 0.6 is 0 Å². The van der Waals surface area contributed by atoms with Crippen molar-refractivity contribution in [2.45, 2.75) is 0 Å². The Morgan fingerprint density at radius 2 is 1.58 bits per heavy atom. The fourth-order valence-corrected chi connectivity index (χ4v) is 1.78. The lowest BCUT2D eigenvalue weighted by Gasteiger charge is -2.04. The molecule has 2 rings (SSSR count). The van der Waals surface area contributed by atoms with Crippen LogP contribution in [0, 0.1) is 0 Å². The molecule has 0 atom stereocenters. The Balaban J connectivity index is 2.04. The van der Waals surface area contributed by atoms with Gasteiger partial charge < -0.3 is 9.47 Å². The van der Waals surface area contributed by atoms with Gasteiger partial charge >= 0.3 is 0 Å². The predicted octanol–water partition coefficient (Wildman–Crippen LogP) is 3.16. The highest BCUT2D eigenvalue weighted by Crippen LogP contribution is 2.19. The maximum Gasteiger partial charge on any atom is 0.188 e. The summed E-state index contributed by atoms with van der Waals surface area (Å²) in [7, 11) is 1.53. The molecule has 0 aliphatic carbocycles. The van der Waals surface area contributed by atoms with Gasteiger partial charge in [0.1, 0.15) is 13.4 Å². The van der Waals surface area contributed by atoms with Gasteiger partial charge in [-0.2, -0.15) is 0 Å². The molecule has 2 aromatic rings. The van der Waals surface area contributed by atoms with Gasteiger partial charge in [-0.05, 0) is 11.1 Å². The number of ether oxygens (including phenoxy) is 2.